The maximum Gasteiger partial charge on any atom is 0.255 e. The van der Waals surface area contributed by atoms with Crippen LogP contribution in [0.5, 0.6) is 11.5 Å². The molecule has 0 saturated carbocycles. The number of benzene rings is 3. The molecule has 1 aromatic heterocycles. The van der Waals surface area contributed by atoms with Crippen LogP contribution in [-0.4, -0.2) is 36.3 Å². The van der Waals surface area contributed by atoms with Crippen LogP contribution in [0.1, 0.15) is 17.3 Å². The van der Waals surface area contributed by atoms with Gasteiger partial charge in [-0.3, -0.25) is 9.59 Å². The third-order valence-electron chi connectivity index (χ3n) is 5.29. The molecule has 0 saturated heterocycles. The van der Waals surface area contributed by atoms with Crippen molar-refractivity contribution >= 4 is 45.7 Å². The number of carbonyl (C=O) groups excluding carboxylic acids is 2. The highest BCUT2D eigenvalue weighted by atomic mass is 32.2. The van der Waals surface area contributed by atoms with Gasteiger partial charge in [-0.1, -0.05) is 6.07 Å². The van der Waals surface area contributed by atoms with Crippen molar-refractivity contribution in [3.05, 3.63) is 83.5 Å². The molecule has 0 aliphatic heterocycles. The second-order valence-corrected chi connectivity index (χ2v) is 10.1. The Morgan fingerprint density at radius 1 is 0.973 bits per heavy atom. The maximum atomic E-state index is 13.2. The van der Waals surface area contributed by atoms with Gasteiger partial charge in [0.1, 0.15) is 5.82 Å². The minimum absolute atomic E-state index is 0.204. The summed E-state index contributed by atoms with van der Waals surface area (Å²) in [7, 11) is 3.04. The van der Waals surface area contributed by atoms with Crippen LogP contribution < -0.4 is 20.1 Å². The summed E-state index contributed by atoms with van der Waals surface area (Å²) in [6.45, 7) is 1.80. The number of amides is 2. The highest BCUT2D eigenvalue weighted by molar-refractivity contribution is 8.00. The average molecular weight is 538 g/mol. The number of halogens is 1. The van der Waals surface area contributed by atoms with E-state index in [-0.39, 0.29) is 17.6 Å². The molecule has 4 aromatic rings. The van der Waals surface area contributed by atoms with Gasteiger partial charge in [-0.25, -0.2) is 9.37 Å². The topological polar surface area (TPSA) is 89.5 Å². The largest absolute Gasteiger partial charge is 0.493 e. The van der Waals surface area contributed by atoms with Gasteiger partial charge in [0, 0.05) is 27.1 Å². The fraction of sp³-hybridized carbons (Fsp3) is 0.148. The number of thiazole rings is 1. The lowest BCUT2D eigenvalue weighted by molar-refractivity contribution is -0.115. The molecule has 7 nitrogen and oxygen atoms in total. The molecule has 0 aliphatic rings. The van der Waals surface area contributed by atoms with E-state index < -0.39 is 5.25 Å². The van der Waals surface area contributed by atoms with Gasteiger partial charge in [0.25, 0.3) is 5.91 Å². The summed E-state index contributed by atoms with van der Waals surface area (Å²) in [4.78, 5) is 30.8. The van der Waals surface area contributed by atoms with Crippen LogP contribution in [0.25, 0.3) is 11.3 Å². The van der Waals surface area contributed by atoms with Gasteiger partial charge in [-0.05, 0) is 67.6 Å². The molecule has 0 fully saturated rings. The van der Waals surface area contributed by atoms with Crippen molar-refractivity contribution < 1.29 is 23.5 Å². The smallest absolute Gasteiger partial charge is 0.255 e. The van der Waals surface area contributed by atoms with E-state index >= 15 is 0 Å². The van der Waals surface area contributed by atoms with Crippen molar-refractivity contribution in [3.8, 4) is 22.8 Å². The Kier molecular flexibility index (Phi) is 8.42. The number of rotatable bonds is 9. The monoisotopic (exact) mass is 537 g/mol. The number of nitrogens with one attached hydrogen (secondary N) is 2. The predicted molar refractivity (Wildman–Crippen MR) is 145 cm³/mol. The molecule has 3 aromatic carbocycles. The quantitative estimate of drug-likeness (QED) is 0.242. The average Bonchev–Trinajstić information content (AvgIpc) is 3.37. The highest BCUT2D eigenvalue weighted by Gasteiger charge is 2.17. The maximum absolute atomic E-state index is 13.2. The Bertz CT molecular complexity index is 1410. The van der Waals surface area contributed by atoms with Crippen LogP contribution in [-0.2, 0) is 4.79 Å². The Balaban J connectivity index is 1.36. The van der Waals surface area contributed by atoms with Gasteiger partial charge in [-0.15, -0.1) is 23.1 Å². The van der Waals surface area contributed by atoms with Gasteiger partial charge in [0.05, 0.1) is 25.2 Å². The zero-order valence-corrected chi connectivity index (χ0v) is 21.9. The van der Waals surface area contributed by atoms with Gasteiger partial charge < -0.3 is 20.1 Å². The van der Waals surface area contributed by atoms with E-state index in [9.17, 15) is 14.0 Å². The predicted octanol–water partition coefficient (Wildman–Crippen LogP) is 6.34. The Morgan fingerprint density at radius 3 is 2.46 bits per heavy atom. The molecule has 1 unspecified atom stereocenters. The third-order valence-corrected chi connectivity index (χ3v) is 7.15. The Labute approximate surface area is 222 Å². The van der Waals surface area contributed by atoms with Crippen molar-refractivity contribution in [1.82, 2.24) is 4.98 Å². The molecule has 0 aliphatic carbocycles. The first kappa shape index (κ1) is 26.2. The molecule has 190 valence electrons. The Hall–Kier alpha value is -3.89. The number of carbonyl (C=O) groups is 2. The first-order valence-electron chi connectivity index (χ1n) is 11.2. The molecule has 0 bridgehead atoms. The van der Waals surface area contributed by atoms with Gasteiger partial charge >= 0.3 is 0 Å². The molecule has 2 amide bonds. The number of nitrogens with zero attached hydrogens (tertiary/aromatic N) is 1. The van der Waals surface area contributed by atoms with Gasteiger partial charge in [0.15, 0.2) is 16.6 Å². The molecule has 37 heavy (non-hydrogen) atoms. The second kappa shape index (κ2) is 11.9. The number of anilines is 2. The number of thioether (sulfide) groups is 1. The van der Waals surface area contributed by atoms with Crippen LogP contribution in [0, 0.1) is 5.82 Å². The summed E-state index contributed by atoms with van der Waals surface area (Å²) in [6, 6.07) is 18.2. The summed E-state index contributed by atoms with van der Waals surface area (Å²) < 4.78 is 23.6. The highest BCUT2D eigenvalue weighted by Crippen LogP contribution is 2.30. The molecule has 10 heteroatoms. The van der Waals surface area contributed by atoms with Crippen molar-refractivity contribution in [3.63, 3.8) is 0 Å². The van der Waals surface area contributed by atoms with Crippen molar-refractivity contribution in [2.24, 2.45) is 0 Å². The second-order valence-electron chi connectivity index (χ2n) is 7.85. The van der Waals surface area contributed by atoms with Gasteiger partial charge in [-0.2, -0.15) is 0 Å². The lowest BCUT2D eigenvalue weighted by atomic mass is 10.2. The summed E-state index contributed by atoms with van der Waals surface area (Å²) in [6.07, 6.45) is 0. The third kappa shape index (κ3) is 6.66. The zero-order valence-electron chi connectivity index (χ0n) is 20.3. The molecule has 0 radical (unpaired) electrons. The fourth-order valence-corrected chi connectivity index (χ4v) is 5.03. The van der Waals surface area contributed by atoms with Crippen LogP contribution >= 0.6 is 23.1 Å². The first-order chi connectivity index (χ1) is 17.9. The van der Waals surface area contributed by atoms with Crippen molar-refractivity contribution in [2.45, 2.75) is 17.1 Å². The van der Waals surface area contributed by atoms with E-state index in [0.717, 1.165) is 10.5 Å². The van der Waals surface area contributed by atoms with Crippen LogP contribution in [0.4, 0.5) is 15.2 Å². The molecular formula is C27H24FN3O4S2. The Morgan fingerprint density at radius 2 is 1.73 bits per heavy atom. The summed E-state index contributed by atoms with van der Waals surface area (Å²) in [5, 5.41) is 7.56. The van der Waals surface area contributed by atoms with E-state index in [0.29, 0.717) is 33.6 Å². The van der Waals surface area contributed by atoms with E-state index in [1.165, 1.54) is 49.5 Å². The van der Waals surface area contributed by atoms with Crippen LogP contribution in [0.2, 0.25) is 0 Å². The van der Waals surface area contributed by atoms with Crippen molar-refractivity contribution in [2.75, 3.05) is 24.9 Å². The van der Waals surface area contributed by atoms with Gasteiger partial charge in [0.2, 0.25) is 5.91 Å². The number of hydrogen-bond donors (Lipinski definition) is 2. The number of hydrogen-bond acceptors (Lipinski definition) is 7. The lowest BCUT2D eigenvalue weighted by Crippen LogP contribution is -2.22. The van der Waals surface area contributed by atoms with Crippen molar-refractivity contribution in [1.29, 1.82) is 0 Å². The molecule has 1 heterocycles. The summed E-state index contributed by atoms with van der Waals surface area (Å²) >= 11 is 2.66. The lowest BCUT2D eigenvalue weighted by Gasteiger charge is -2.12. The standard InChI is InChI=1S/C27H24FN3O4S2/c1-16(25(32)31-27-30-22(15-36-27)17-7-10-19(28)11-8-17)37-21-6-4-5-20(14-21)29-26(33)18-9-12-23(34-2)24(13-18)35-3/h4-16H,1-3H3,(H,29,33)(H,30,31,32). The SMILES string of the molecule is COc1ccc(C(=O)Nc2cccc(SC(C)C(=O)Nc3nc(-c4ccc(F)cc4)cs3)c2)cc1OC. The van der Waals surface area contributed by atoms with E-state index in [2.05, 4.69) is 15.6 Å². The zero-order chi connectivity index (χ0) is 26.4. The van der Waals surface area contributed by atoms with E-state index in [4.69, 9.17) is 9.47 Å². The number of aromatic nitrogens is 1. The molecule has 2 N–H and O–H groups in total. The molecule has 1 atom stereocenters. The first-order valence-corrected chi connectivity index (χ1v) is 12.9. The fourth-order valence-electron chi connectivity index (χ4n) is 3.38. The summed E-state index contributed by atoms with van der Waals surface area (Å²) in [5.41, 5.74) is 2.46. The summed E-state index contributed by atoms with van der Waals surface area (Å²) in [5.74, 6) is 0.181. The van der Waals surface area contributed by atoms with Crippen LogP contribution in [0.15, 0.2) is 77.0 Å². The van der Waals surface area contributed by atoms with E-state index in [1.807, 2.05) is 23.6 Å². The normalized spacial score (nSPS) is 11.5. The van der Waals surface area contributed by atoms with Crippen LogP contribution in [0.3, 0.4) is 0 Å². The molecule has 4 rings (SSSR count). The minimum atomic E-state index is -0.421. The van der Waals surface area contributed by atoms with E-state index in [1.54, 1.807) is 43.3 Å². The molecular weight excluding hydrogens is 513 g/mol. The number of methoxy groups -OCH3 is 2. The number of ether oxygens (including phenoxy) is 2. The molecule has 0 spiro atoms. The minimum Gasteiger partial charge on any atom is -0.493 e.